The van der Waals surface area contributed by atoms with E-state index in [1.165, 1.54) is 0 Å². The molecule has 0 atom stereocenters. The van der Waals surface area contributed by atoms with Crippen molar-refractivity contribution in [3.8, 4) is 17.0 Å². The van der Waals surface area contributed by atoms with Crippen molar-refractivity contribution >= 4 is 28.5 Å². The second-order valence-corrected chi connectivity index (χ2v) is 7.82. The molecule has 0 aliphatic heterocycles. The average molecular weight is 433 g/mol. The molecule has 0 spiro atoms. The number of pyridine rings is 1. The smallest absolute Gasteiger partial charge is 0.227 e. The number of hydrogen-bond acceptors (Lipinski definition) is 8. The number of nitrogens with zero attached hydrogens (tertiary/aromatic N) is 6. The molecule has 32 heavy (non-hydrogen) atoms. The second kappa shape index (κ2) is 9.11. The lowest BCUT2D eigenvalue weighted by Crippen LogP contribution is -2.29. The molecule has 0 aliphatic rings. The molecule has 166 valence electrons. The third kappa shape index (κ3) is 4.42. The molecule has 0 fully saturated rings. The average Bonchev–Trinajstić information content (AvgIpc) is 3.22. The predicted octanol–water partition coefficient (Wildman–Crippen LogP) is 3.12. The third-order valence-corrected chi connectivity index (χ3v) is 5.25. The zero-order chi connectivity index (χ0) is 22.7. The first-order valence-electron chi connectivity index (χ1n) is 10.3. The van der Waals surface area contributed by atoms with Gasteiger partial charge in [0.1, 0.15) is 5.75 Å². The molecule has 1 aromatic carbocycles. The fourth-order valence-corrected chi connectivity index (χ4v) is 3.47. The summed E-state index contributed by atoms with van der Waals surface area (Å²) in [4.78, 5) is 13.3. The number of methoxy groups -OCH3 is 1. The fraction of sp³-hybridized carbons (Fsp3) is 0.261. The molecule has 3 aromatic heterocycles. The molecular weight excluding hydrogens is 404 g/mol. The van der Waals surface area contributed by atoms with E-state index in [-0.39, 0.29) is 0 Å². The van der Waals surface area contributed by atoms with E-state index in [1.807, 2.05) is 68.3 Å². The Bertz CT molecular complexity index is 1220. The number of likely N-dealkylation sites (N-methyl/N-ethyl adjacent to an activating group) is 2. The van der Waals surface area contributed by atoms with Crippen LogP contribution in [0.5, 0.6) is 5.75 Å². The third-order valence-electron chi connectivity index (χ3n) is 5.25. The Hall–Kier alpha value is -3.85. The van der Waals surface area contributed by atoms with Crippen LogP contribution in [0.2, 0.25) is 0 Å². The second-order valence-electron chi connectivity index (χ2n) is 7.82. The van der Waals surface area contributed by atoms with Crippen molar-refractivity contribution in [2.45, 2.75) is 0 Å². The van der Waals surface area contributed by atoms with Gasteiger partial charge in [-0.15, -0.1) is 0 Å². The Morgan fingerprint density at radius 3 is 2.75 bits per heavy atom. The standard InChI is InChI=1S/C23H28N8O/c1-29(2)11-12-30(3)21-14-22(32-4)19(13-17(21)24)28-23-25-9-8-18(27-23)16-15-26-31-10-6-5-7-20(16)31/h5-10,13-15H,11-12,24H2,1-4H3,(H,25,27,28). The van der Waals surface area contributed by atoms with Gasteiger partial charge in [-0.25, -0.2) is 14.5 Å². The maximum absolute atomic E-state index is 6.37. The molecule has 0 bridgehead atoms. The summed E-state index contributed by atoms with van der Waals surface area (Å²) < 4.78 is 7.44. The first-order valence-corrected chi connectivity index (χ1v) is 10.3. The lowest BCUT2D eigenvalue weighted by atomic mass is 10.2. The molecule has 0 amide bonds. The summed E-state index contributed by atoms with van der Waals surface area (Å²) in [5.74, 6) is 1.11. The summed E-state index contributed by atoms with van der Waals surface area (Å²) in [6.07, 6.45) is 5.43. The topological polar surface area (TPSA) is 96.8 Å². The molecule has 3 N–H and O–H groups in total. The van der Waals surface area contributed by atoms with Crippen LogP contribution in [0.4, 0.5) is 23.0 Å². The fourth-order valence-electron chi connectivity index (χ4n) is 3.47. The number of rotatable bonds is 8. The molecule has 4 rings (SSSR count). The van der Waals surface area contributed by atoms with Crippen LogP contribution in [0.15, 0.2) is 55.0 Å². The number of hydrogen-bond donors (Lipinski definition) is 2. The van der Waals surface area contributed by atoms with E-state index >= 15 is 0 Å². The minimum Gasteiger partial charge on any atom is -0.494 e. The van der Waals surface area contributed by atoms with Crippen LogP contribution < -0.4 is 20.7 Å². The van der Waals surface area contributed by atoms with Crippen molar-refractivity contribution in [3.05, 3.63) is 55.0 Å². The van der Waals surface area contributed by atoms with Crippen LogP contribution in [-0.4, -0.2) is 65.8 Å². The van der Waals surface area contributed by atoms with Gasteiger partial charge in [0.05, 0.1) is 41.6 Å². The number of nitrogens with one attached hydrogen (secondary N) is 1. The van der Waals surface area contributed by atoms with E-state index in [0.717, 1.165) is 35.6 Å². The highest BCUT2D eigenvalue weighted by atomic mass is 16.5. The largest absolute Gasteiger partial charge is 0.494 e. The van der Waals surface area contributed by atoms with Crippen molar-refractivity contribution in [2.24, 2.45) is 0 Å². The highest BCUT2D eigenvalue weighted by Crippen LogP contribution is 2.36. The number of nitrogens with two attached hydrogens (primary N) is 1. The van der Waals surface area contributed by atoms with Gasteiger partial charge in [0.15, 0.2) is 0 Å². The molecule has 9 heteroatoms. The highest BCUT2D eigenvalue weighted by molar-refractivity contribution is 5.80. The van der Waals surface area contributed by atoms with Gasteiger partial charge in [-0.3, -0.25) is 0 Å². The summed E-state index contributed by atoms with van der Waals surface area (Å²) in [5, 5.41) is 7.64. The Balaban J connectivity index is 1.61. The summed E-state index contributed by atoms with van der Waals surface area (Å²) in [5.41, 5.74) is 11.3. The van der Waals surface area contributed by atoms with Gasteiger partial charge in [-0.2, -0.15) is 5.10 Å². The van der Waals surface area contributed by atoms with Gasteiger partial charge in [-0.05, 0) is 38.4 Å². The number of ether oxygens (including phenoxy) is 1. The van der Waals surface area contributed by atoms with Gasteiger partial charge in [-0.1, -0.05) is 6.07 Å². The van der Waals surface area contributed by atoms with Crippen molar-refractivity contribution < 1.29 is 4.74 Å². The lowest BCUT2D eigenvalue weighted by molar-refractivity contribution is 0.413. The van der Waals surface area contributed by atoms with E-state index in [4.69, 9.17) is 10.5 Å². The molecule has 0 saturated carbocycles. The zero-order valence-electron chi connectivity index (χ0n) is 18.8. The summed E-state index contributed by atoms with van der Waals surface area (Å²) in [6, 6.07) is 11.6. The quantitative estimate of drug-likeness (QED) is 0.410. The summed E-state index contributed by atoms with van der Waals surface area (Å²) >= 11 is 0. The summed E-state index contributed by atoms with van der Waals surface area (Å²) in [7, 11) is 7.75. The molecule has 0 saturated heterocycles. The molecule has 0 unspecified atom stereocenters. The highest BCUT2D eigenvalue weighted by Gasteiger charge is 2.14. The van der Waals surface area contributed by atoms with Gasteiger partial charge in [0.2, 0.25) is 5.95 Å². The minimum absolute atomic E-state index is 0.448. The molecule has 0 aliphatic carbocycles. The van der Waals surface area contributed by atoms with Crippen LogP contribution >= 0.6 is 0 Å². The maximum atomic E-state index is 6.37. The molecule has 3 heterocycles. The number of nitrogen functional groups attached to an aromatic ring is 1. The number of aromatic nitrogens is 4. The Morgan fingerprint density at radius 1 is 1.12 bits per heavy atom. The number of anilines is 4. The van der Waals surface area contributed by atoms with Crippen molar-refractivity contribution in [1.82, 2.24) is 24.5 Å². The predicted molar refractivity (Wildman–Crippen MR) is 129 cm³/mol. The van der Waals surface area contributed by atoms with Crippen LogP contribution in [0.3, 0.4) is 0 Å². The minimum atomic E-state index is 0.448. The van der Waals surface area contributed by atoms with Crippen LogP contribution in [0.25, 0.3) is 16.8 Å². The van der Waals surface area contributed by atoms with Crippen molar-refractivity contribution in [2.75, 3.05) is 57.3 Å². The van der Waals surface area contributed by atoms with Gasteiger partial charge < -0.3 is 25.6 Å². The Kier molecular flexibility index (Phi) is 6.09. The number of fused-ring (bicyclic) bond motifs is 1. The van der Waals surface area contributed by atoms with Crippen molar-refractivity contribution in [3.63, 3.8) is 0 Å². The van der Waals surface area contributed by atoms with E-state index in [1.54, 1.807) is 19.5 Å². The Morgan fingerprint density at radius 2 is 1.97 bits per heavy atom. The summed E-state index contributed by atoms with van der Waals surface area (Å²) in [6.45, 7) is 1.76. The van der Waals surface area contributed by atoms with E-state index < -0.39 is 0 Å². The van der Waals surface area contributed by atoms with Gasteiger partial charge >= 0.3 is 0 Å². The number of benzene rings is 1. The van der Waals surface area contributed by atoms with E-state index in [0.29, 0.717) is 23.1 Å². The SMILES string of the molecule is COc1cc(N(C)CCN(C)C)c(N)cc1Nc1nccc(-c2cnn3ccccc23)n1. The first-order chi connectivity index (χ1) is 15.5. The molecule has 9 nitrogen and oxygen atoms in total. The van der Waals surface area contributed by atoms with E-state index in [9.17, 15) is 0 Å². The zero-order valence-corrected chi connectivity index (χ0v) is 18.8. The van der Waals surface area contributed by atoms with Gasteiger partial charge in [0.25, 0.3) is 0 Å². The van der Waals surface area contributed by atoms with Crippen LogP contribution in [0.1, 0.15) is 0 Å². The van der Waals surface area contributed by atoms with Crippen LogP contribution in [-0.2, 0) is 0 Å². The lowest BCUT2D eigenvalue weighted by Gasteiger charge is -2.24. The molecule has 0 radical (unpaired) electrons. The molecular formula is C23H28N8O. The Labute approximate surface area is 187 Å². The maximum Gasteiger partial charge on any atom is 0.227 e. The van der Waals surface area contributed by atoms with Gasteiger partial charge in [0, 0.05) is 44.2 Å². The van der Waals surface area contributed by atoms with Crippen LogP contribution in [0, 0.1) is 0 Å². The first kappa shape index (κ1) is 21.4. The monoisotopic (exact) mass is 432 g/mol. The normalized spacial score (nSPS) is 11.2. The van der Waals surface area contributed by atoms with E-state index in [2.05, 4.69) is 30.2 Å². The van der Waals surface area contributed by atoms with Crippen molar-refractivity contribution in [1.29, 1.82) is 0 Å². The molecule has 4 aromatic rings.